The van der Waals surface area contributed by atoms with Gasteiger partial charge in [0.1, 0.15) is 5.52 Å². The van der Waals surface area contributed by atoms with Gasteiger partial charge in [-0.2, -0.15) is 10.1 Å². The zero-order valence-corrected chi connectivity index (χ0v) is 17.1. The molecule has 0 fully saturated rings. The molecule has 3 aromatic heterocycles. The molecular formula is C25H19N7. The maximum atomic E-state index is 4.75. The average molecular weight is 417 g/mol. The van der Waals surface area contributed by atoms with Crippen LogP contribution >= 0.6 is 0 Å². The van der Waals surface area contributed by atoms with E-state index in [9.17, 15) is 0 Å². The Kier molecular flexibility index (Phi) is 4.35. The molecule has 32 heavy (non-hydrogen) atoms. The highest BCUT2D eigenvalue weighted by molar-refractivity contribution is 6.04. The van der Waals surface area contributed by atoms with E-state index in [-0.39, 0.29) is 0 Å². The standard InChI is InChI=1S/C25H19N7/c1-2-8-17(9-3-1)16-32-22-13-7-5-11-20(22)23-24(32)28-25(31-29-23)30-27-15-18-14-26-21-12-6-4-10-19(18)21/h1-15,26H,16H2,(H,28,30,31)/b27-15+. The minimum absolute atomic E-state index is 0.353. The van der Waals surface area contributed by atoms with E-state index in [1.807, 2.05) is 54.7 Å². The topological polar surface area (TPSA) is 83.8 Å². The number of aromatic nitrogens is 5. The van der Waals surface area contributed by atoms with Crippen LogP contribution in [0, 0.1) is 0 Å². The monoisotopic (exact) mass is 417 g/mol. The third kappa shape index (κ3) is 3.16. The summed E-state index contributed by atoms with van der Waals surface area (Å²) in [5.74, 6) is 0.353. The maximum Gasteiger partial charge on any atom is 0.265 e. The lowest BCUT2D eigenvalue weighted by atomic mass is 10.2. The number of hydrogen-bond acceptors (Lipinski definition) is 5. The van der Waals surface area contributed by atoms with Gasteiger partial charge in [0.05, 0.1) is 11.7 Å². The molecule has 0 bridgehead atoms. The minimum Gasteiger partial charge on any atom is -0.361 e. The van der Waals surface area contributed by atoms with Crippen molar-refractivity contribution in [3.63, 3.8) is 0 Å². The molecule has 0 unspecified atom stereocenters. The van der Waals surface area contributed by atoms with Crippen molar-refractivity contribution >= 4 is 45.1 Å². The second kappa shape index (κ2) is 7.63. The highest BCUT2D eigenvalue weighted by atomic mass is 15.4. The van der Waals surface area contributed by atoms with Gasteiger partial charge in [-0.1, -0.05) is 66.7 Å². The number of hydrogen-bond donors (Lipinski definition) is 2. The Morgan fingerprint density at radius 1 is 0.875 bits per heavy atom. The quantitative estimate of drug-likeness (QED) is 0.307. The molecule has 6 aromatic rings. The molecule has 0 spiro atoms. The van der Waals surface area contributed by atoms with Gasteiger partial charge in [0.25, 0.3) is 5.95 Å². The number of rotatable bonds is 5. The van der Waals surface area contributed by atoms with Crippen LogP contribution in [0.3, 0.4) is 0 Å². The van der Waals surface area contributed by atoms with Crippen LogP contribution in [0.15, 0.2) is 90.2 Å². The fourth-order valence-electron chi connectivity index (χ4n) is 4.04. The third-order valence-electron chi connectivity index (χ3n) is 5.55. The van der Waals surface area contributed by atoms with Crippen LogP contribution < -0.4 is 5.43 Å². The minimum atomic E-state index is 0.353. The summed E-state index contributed by atoms with van der Waals surface area (Å²) in [6, 6.07) is 26.6. The third-order valence-corrected chi connectivity index (χ3v) is 5.55. The van der Waals surface area contributed by atoms with Crippen LogP contribution in [0.1, 0.15) is 11.1 Å². The van der Waals surface area contributed by atoms with Gasteiger partial charge in [0.2, 0.25) is 0 Å². The second-order valence-electron chi connectivity index (χ2n) is 7.56. The molecule has 0 atom stereocenters. The Labute approximate surface area is 183 Å². The number of para-hydroxylation sites is 2. The van der Waals surface area contributed by atoms with E-state index in [0.717, 1.165) is 38.5 Å². The first-order chi connectivity index (χ1) is 15.9. The molecule has 0 saturated heterocycles. The highest BCUT2D eigenvalue weighted by Gasteiger charge is 2.14. The van der Waals surface area contributed by atoms with Crippen molar-refractivity contribution in [3.8, 4) is 0 Å². The molecule has 7 nitrogen and oxygen atoms in total. The van der Waals surface area contributed by atoms with Crippen molar-refractivity contribution < 1.29 is 0 Å². The Bertz CT molecular complexity index is 1580. The number of aromatic amines is 1. The van der Waals surface area contributed by atoms with Crippen LogP contribution in [-0.4, -0.2) is 30.9 Å². The van der Waals surface area contributed by atoms with E-state index in [0.29, 0.717) is 12.5 Å². The molecule has 7 heteroatoms. The predicted molar refractivity (Wildman–Crippen MR) is 128 cm³/mol. The van der Waals surface area contributed by atoms with Crippen molar-refractivity contribution in [2.75, 3.05) is 5.43 Å². The molecule has 0 radical (unpaired) electrons. The summed E-state index contributed by atoms with van der Waals surface area (Å²) in [6.07, 6.45) is 3.68. The predicted octanol–water partition coefficient (Wildman–Crippen LogP) is 4.96. The van der Waals surface area contributed by atoms with E-state index in [1.165, 1.54) is 5.56 Å². The molecule has 2 N–H and O–H groups in total. The number of hydrazone groups is 1. The smallest absolute Gasteiger partial charge is 0.265 e. The summed E-state index contributed by atoms with van der Waals surface area (Å²) in [4.78, 5) is 7.99. The molecule has 0 aliphatic carbocycles. The fraction of sp³-hybridized carbons (Fsp3) is 0.0400. The SMILES string of the molecule is C(=N\Nc1nnc2c3ccccc3n(Cc3ccccc3)c2n1)/c1c[nH]c2ccccc12. The van der Waals surface area contributed by atoms with E-state index in [4.69, 9.17) is 4.98 Å². The number of nitrogens with zero attached hydrogens (tertiary/aromatic N) is 5. The van der Waals surface area contributed by atoms with Crippen LogP contribution in [-0.2, 0) is 6.54 Å². The Morgan fingerprint density at radius 3 is 2.56 bits per heavy atom. The van der Waals surface area contributed by atoms with Crippen molar-refractivity contribution in [1.82, 2.24) is 24.7 Å². The number of anilines is 1. The fourth-order valence-corrected chi connectivity index (χ4v) is 4.04. The van der Waals surface area contributed by atoms with Gasteiger partial charge in [0, 0.05) is 34.6 Å². The van der Waals surface area contributed by atoms with Gasteiger partial charge in [-0.25, -0.2) is 5.43 Å². The van der Waals surface area contributed by atoms with Crippen molar-refractivity contribution in [3.05, 3.63) is 96.2 Å². The van der Waals surface area contributed by atoms with Crippen LogP contribution in [0.5, 0.6) is 0 Å². The van der Waals surface area contributed by atoms with Crippen LogP contribution in [0.4, 0.5) is 5.95 Å². The summed E-state index contributed by atoms with van der Waals surface area (Å²) in [7, 11) is 0. The highest BCUT2D eigenvalue weighted by Crippen LogP contribution is 2.27. The summed E-state index contributed by atoms with van der Waals surface area (Å²) in [5.41, 5.74) is 8.81. The van der Waals surface area contributed by atoms with Crippen molar-refractivity contribution in [2.45, 2.75) is 6.54 Å². The van der Waals surface area contributed by atoms with Gasteiger partial charge in [-0.3, -0.25) is 0 Å². The summed E-state index contributed by atoms with van der Waals surface area (Å²) >= 11 is 0. The van der Waals surface area contributed by atoms with E-state index < -0.39 is 0 Å². The van der Waals surface area contributed by atoms with Gasteiger partial charge in [-0.15, -0.1) is 10.2 Å². The Morgan fingerprint density at radius 2 is 1.66 bits per heavy atom. The molecule has 0 saturated carbocycles. The molecule has 0 aliphatic heterocycles. The molecule has 154 valence electrons. The lowest BCUT2D eigenvalue weighted by Crippen LogP contribution is -2.04. The summed E-state index contributed by atoms with van der Waals surface area (Å²) < 4.78 is 2.17. The number of nitrogens with one attached hydrogen (secondary N) is 2. The van der Waals surface area contributed by atoms with Gasteiger partial charge < -0.3 is 9.55 Å². The average Bonchev–Trinajstić information content (AvgIpc) is 3.39. The molecule has 3 heterocycles. The van der Waals surface area contributed by atoms with Crippen molar-refractivity contribution in [2.24, 2.45) is 5.10 Å². The largest absolute Gasteiger partial charge is 0.361 e. The van der Waals surface area contributed by atoms with Gasteiger partial charge in [-0.05, 0) is 17.7 Å². The Hall–Kier alpha value is -4.52. The number of H-pyrrole nitrogens is 1. The van der Waals surface area contributed by atoms with Crippen molar-refractivity contribution in [1.29, 1.82) is 0 Å². The Balaban J connectivity index is 1.37. The zero-order valence-electron chi connectivity index (χ0n) is 17.1. The molecule has 3 aromatic carbocycles. The number of benzene rings is 3. The van der Waals surface area contributed by atoms with E-state index in [1.54, 1.807) is 6.21 Å². The lowest BCUT2D eigenvalue weighted by molar-refractivity contribution is 0.848. The van der Waals surface area contributed by atoms with E-state index in [2.05, 4.69) is 60.6 Å². The normalized spacial score (nSPS) is 11.8. The second-order valence-corrected chi connectivity index (χ2v) is 7.56. The first-order valence-electron chi connectivity index (χ1n) is 10.4. The van der Waals surface area contributed by atoms with Crippen LogP contribution in [0.2, 0.25) is 0 Å². The summed E-state index contributed by atoms with van der Waals surface area (Å²) in [6.45, 7) is 0.696. The zero-order chi connectivity index (χ0) is 21.3. The first kappa shape index (κ1) is 18.3. The molecular weight excluding hydrogens is 398 g/mol. The maximum absolute atomic E-state index is 4.75. The first-order valence-corrected chi connectivity index (χ1v) is 10.4. The van der Waals surface area contributed by atoms with Crippen LogP contribution in [0.25, 0.3) is 33.0 Å². The number of fused-ring (bicyclic) bond motifs is 4. The van der Waals surface area contributed by atoms with E-state index >= 15 is 0 Å². The lowest BCUT2D eigenvalue weighted by Gasteiger charge is -2.07. The van der Waals surface area contributed by atoms with Gasteiger partial charge in [0.15, 0.2) is 5.65 Å². The molecule has 0 amide bonds. The molecule has 6 rings (SSSR count). The molecule has 0 aliphatic rings. The summed E-state index contributed by atoms with van der Waals surface area (Å²) in [5, 5.41) is 15.2. The van der Waals surface area contributed by atoms with Gasteiger partial charge >= 0.3 is 0 Å².